The number of hydrogen-bond donors (Lipinski definition) is 1. The number of halogens is 1. The normalized spacial score (nSPS) is 14.1. The number of thioether (sulfide) groups is 1. The number of carbonyl (C=O) groups excluding carboxylic acids is 1. The number of hydrogen-bond acceptors (Lipinski definition) is 4. The Balaban J connectivity index is 1.67. The Morgan fingerprint density at radius 3 is 2.58 bits per heavy atom. The molecule has 0 aliphatic carbocycles. The maximum atomic E-state index is 12.6. The van der Waals surface area contributed by atoms with Crippen molar-refractivity contribution in [1.29, 1.82) is 0 Å². The zero-order valence-corrected chi connectivity index (χ0v) is 14.8. The molecule has 2 aromatic carbocycles. The molecule has 2 aromatic rings. The maximum absolute atomic E-state index is 12.6. The molecule has 4 nitrogen and oxygen atoms in total. The Morgan fingerprint density at radius 1 is 1.17 bits per heavy atom. The van der Waals surface area contributed by atoms with Crippen LogP contribution in [-0.4, -0.2) is 24.4 Å². The van der Waals surface area contributed by atoms with E-state index in [1.54, 1.807) is 6.07 Å². The first kappa shape index (κ1) is 17.0. The van der Waals surface area contributed by atoms with Gasteiger partial charge in [-0.25, -0.2) is 0 Å². The second-order valence-electron chi connectivity index (χ2n) is 5.32. The monoisotopic (exact) mass is 363 g/mol. The number of rotatable bonds is 5. The van der Waals surface area contributed by atoms with E-state index in [1.165, 1.54) is 11.8 Å². The van der Waals surface area contributed by atoms with E-state index in [1.807, 2.05) is 43.3 Å². The van der Waals surface area contributed by atoms with Crippen LogP contribution < -0.4 is 14.8 Å². The summed E-state index contributed by atoms with van der Waals surface area (Å²) in [5.41, 5.74) is 0.708. The Hall–Kier alpha value is -1.85. The fourth-order valence-electron chi connectivity index (χ4n) is 2.34. The first-order valence-corrected chi connectivity index (χ1v) is 9.04. The summed E-state index contributed by atoms with van der Waals surface area (Å²) in [5.74, 6) is 1.34. The standard InChI is InChI=1S/C18H18ClNO3S/c1-2-17(24-14-6-3-12(19)4-7-14)18(21)20-13-5-8-15-16(11-13)23-10-9-22-15/h3-8,11,17H,2,9-10H2,1H3,(H,20,21). The number of fused-ring (bicyclic) bond motifs is 1. The molecule has 1 aliphatic rings. The minimum absolute atomic E-state index is 0.0332. The summed E-state index contributed by atoms with van der Waals surface area (Å²) >= 11 is 7.43. The lowest BCUT2D eigenvalue weighted by Gasteiger charge is -2.20. The molecule has 0 saturated heterocycles. The summed E-state index contributed by atoms with van der Waals surface area (Å²) in [6, 6.07) is 12.9. The minimum atomic E-state index is -0.181. The quantitative estimate of drug-likeness (QED) is 0.787. The van der Waals surface area contributed by atoms with Crippen LogP contribution in [0.2, 0.25) is 5.02 Å². The fraction of sp³-hybridized carbons (Fsp3) is 0.278. The molecule has 1 amide bonds. The zero-order valence-electron chi connectivity index (χ0n) is 13.3. The van der Waals surface area contributed by atoms with Crippen LogP contribution in [0.4, 0.5) is 5.69 Å². The van der Waals surface area contributed by atoms with Gasteiger partial charge >= 0.3 is 0 Å². The van der Waals surface area contributed by atoms with Gasteiger partial charge in [-0.15, -0.1) is 11.8 Å². The van der Waals surface area contributed by atoms with E-state index in [9.17, 15) is 4.79 Å². The van der Waals surface area contributed by atoms with E-state index in [2.05, 4.69) is 5.32 Å². The number of anilines is 1. The zero-order chi connectivity index (χ0) is 16.9. The average molecular weight is 364 g/mol. The lowest BCUT2D eigenvalue weighted by Crippen LogP contribution is -2.24. The van der Waals surface area contributed by atoms with Crippen LogP contribution in [0, 0.1) is 0 Å². The van der Waals surface area contributed by atoms with Crippen LogP contribution in [0.5, 0.6) is 11.5 Å². The van der Waals surface area contributed by atoms with Gasteiger partial charge in [0.15, 0.2) is 11.5 Å². The van der Waals surface area contributed by atoms with E-state index in [0.717, 1.165) is 11.3 Å². The highest BCUT2D eigenvalue weighted by Gasteiger charge is 2.19. The summed E-state index contributed by atoms with van der Waals surface area (Å²) in [4.78, 5) is 13.6. The number of benzene rings is 2. The van der Waals surface area contributed by atoms with Crippen molar-refractivity contribution in [3.63, 3.8) is 0 Å². The van der Waals surface area contributed by atoms with E-state index >= 15 is 0 Å². The topological polar surface area (TPSA) is 47.6 Å². The highest BCUT2D eigenvalue weighted by Crippen LogP contribution is 2.33. The highest BCUT2D eigenvalue weighted by atomic mass is 35.5. The van der Waals surface area contributed by atoms with Gasteiger partial charge in [-0.3, -0.25) is 4.79 Å². The summed E-state index contributed by atoms with van der Waals surface area (Å²) in [7, 11) is 0. The Kier molecular flexibility index (Phi) is 5.53. The van der Waals surface area contributed by atoms with Gasteiger partial charge in [0.05, 0.1) is 5.25 Å². The minimum Gasteiger partial charge on any atom is -0.486 e. The van der Waals surface area contributed by atoms with E-state index in [0.29, 0.717) is 35.4 Å². The molecule has 0 spiro atoms. The molecule has 126 valence electrons. The van der Waals surface area contributed by atoms with Crippen LogP contribution >= 0.6 is 23.4 Å². The molecule has 1 atom stereocenters. The number of carbonyl (C=O) groups is 1. The van der Waals surface area contributed by atoms with Crippen molar-refractivity contribution in [2.24, 2.45) is 0 Å². The number of amides is 1. The second kappa shape index (κ2) is 7.81. The smallest absolute Gasteiger partial charge is 0.237 e. The van der Waals surface area contributed by atoms with Crippen LogP contribution in [-0.2, 0) is 4.79 Å². The summed E-state index contributed by atoms with van der Waals surface area (Å²) in [6.07, 6.45) is 0.726. The molecule has 1 N–H and O–H groups in total. The second-order valence-corrected chi connectivity index (χ2v) is 7.03. The fourth-order valence-corrected chi connectivity index (χ4v) is 3.42. The molecular weight excluding hydrogens is 346 g/mol. The highest BCUT2D eigenvalue weighted by molar-refractivity contribution is 8.00. The number of ether oxygens (including phenoxy) is 2. The van der Waals surface area contributed by atoms with Crippen molar-refractivity contribution in [2.75, 3.05) is 18.5 Å². The van der Waals surface area contributed by atoms with E-state index < -0.39 is 0 Å². The molecule has 1 unspecified atom stereocenters. The van der Waals surface area contributed by atoms with Gasteiger partial charge in [0, 0.05) is 21.7 Å². The van der Waals surface area contributed by atoms with Gasteiger partial charge in [0.1, 0.15) is 13.2 Å². The first-order valence-electron chi connectivity index (χ1n) is 7.78. The summed E-state index contributed by atoms with van der Waals surface area (Å²) in [5, 5.41) is 3.46. The Labute approximate surface area is 150 Å². The molecule has 6 heteroatoms. The predicted octanol–water partition coefficient (Wildman–Crippen LogP) is 4.62. The van der Waals surface area contributed by atoms with Crippen molar-refractivity contribution >= 4 is 35.0 Å². The lowest BCUT2D eigenvalue weighted by molar-refractivity contribution is -0.115. The summed E-state index contributed by atoms with van der Waals surface area (Å²) in [6.45, 7) is 3.07. The molecule has 0 bridgehead atoms. The first-order chi connectivity index (χ1) is 11.7. The van der Waals surface area contributed by atoms with E-state index in [-0.39, 0.29) is 11.2 Å². The number of nitrogens with one attached hydrogen (secondary N) is 1. The molecule has 1 aliphatic heterocycles. The van der Waals surface area contributed by atoms with Gasteiger partial charge in [0.25, 0.3) is 0 Å². The van der Waals surface area contributed by atoms with Crippen molar-refractivity contribution < 1.29 is 14.3 Å². The lowest BCUT2D eigenvalue weighted by atomic mass is 10.2. The molecule has 0 fully saturated rings. The Bertz CT molecular complexity index is 721. The van der Waals surface area contributed by atoms with Gasteiger partial charge in [-0.2, -0.15) is 0 Å². The third-order valence-electron chi connectivity index (χ3n) is 3.56. The molecular formula is C18H18ClNO3S. The van der Waals surface area contributed by atoms with Gasteiger partial charge in [-0.1, -0.05) is 18.5 Å². The molecule has 0 radical (unpaired) electrons. The third kappa shape index (κ3) is 4.16. The molecule has 0 aromatic heterocycles. The third-order valence-corrected chi connectivity index (χ3v) is 5.19. The molecule has 1 heterocycles. The van der Waals surface area contributed by atoms with Crippen molar-refractivity contribution in [2.45, 2.75) is 23.5 Å². The van der Waals surface area contributed by atoms with Crippen LogP contribution in [0.15, 0.2) is 47.4 Å². The van der Waals surface area contributed by atoms with Gasteiger partial charge < -0.3 is 14.8 Å². The molecule has 0 saturated carbocycles. The average Bonchev–Trinajstić information content (AvgIpc) is 2.61. The van der Waals surface area contributed by atoms with E-state index in [4.69, 9.17) is 21.1 Å². The predicted molar refractivity (Wildman–Crippen MR) is 97.4 cm³/mol. The van der Waals surface area contributed by atoms with Crippen LogP contribution in [0.25, 0.3) is 0 Å². The van der Waals surface area contributed by atoms with Crippen LogP contribution in [0.3, 0.4) is 0 Å². The van der Waals surface area contributed by atoms with Gasteiger partial charge in [0.2, 0.25) is 5.91 Å². The van der Waals surface area contributed by atoms with Crippen molar-refractivity contribution in [3.05, 3.63) is 47.5 Å². The summed E-state index contributed by atoms with van der Waals surface area (Å²) < 4.78 is 11.0. The SMILES string of the molecule is CCC(Sc1ccc(Cl)cc1)C(=O)Nc1ccc2c(c1)OCCO2. The Morgan fingerprint density at radius 2 is 1.88 bits per heavy atom. The maximum Gasteiger partial charge on any atom is 0.237 e. The van der Waals surface area contributed by atoms with Crippen LogP contribution in [0.1, 0.15) is 13.3 Å². The van der Waals surface area contributed by atoms with Crippen molar-refractivity contribution in [1.82, 2.24) is 0 Å². The van der Waals surface area contributed by atoms with Crippen molar-refractivity contribution in [3.8, 4) is 11.5 Å². The largest absolute Gasteiger partial charge is 0.486 e. The molecule has 24 heavy (non-hydrogen) atoms. The van der Waals surface area contributed by atoms with Gasteiger partial charge in [-0.05, 0) is 42.8 Å². The molecule has 3 rings (SSSR count).